The van der Waals surface area contributed by atoms with Crippen LogP contribution in [-0.4, -0.2) is 50.8 Å². The molecule has 33 heavy (non-hydrogen) atoms. The molecule has 0 amide bonds. The van der Waals surface area contributed by atoms with Crippen molar-refractivity contribution in [3.8, 4) is 11.3 Å². The van der Waals surface area contributed by atoms with Crippen LogP contribution in [0.1, 0.15) is 16.7 Å². The summed E-state index contributed by atoms with van der Waals surface area (Å²) in [5.41, 5.74) is 2.92. The van der Waals surface area contributed by atoms with E-state index in [2.05, 4.69) is 15.3 Å². The lowest BCUT2D eigenvalue weighted by Crippen LogP contribution is -2.35. The van der Waals surface area contributed by atoms with Crippen molar-refractivity contribution in [2.75, 3.05) is 23.4 Å². The first kappa shape index (κ1) is 22.8. The second-order valence-electron chi connectivity index (χ2n) is 7.85. The highest BCUT2D eigenvalue weighted by Crippen LogP contribution is 2.41. The number of benzene rings is 2. The number of para-hydroxylation sites is 1. The third-order valence-electron chi connectivity index (χ3n) is 5.50. The van der Waals surface area contributed by atoms with Gasteiger partial charge in [0.15, 0.2) is 6.23 Å². The Morgan fingerprint density at radius 2 is 1.82 bits per heavy atom. The Hall–Kier alpha value is -3.40. The van der Waals surface area contributed by atoms with Crippen LogP contribution in [0.2, 0.25) is 0 Å². The molecule has 1 aromatic heterocycles. The topological polar surface area (TPSA) is 102 Å². The molecule has 1 aliphatic heterocycles. The van der Waals surface area contributed by atoms with Gasteiger partial charge in [0.25, 0.3) is 0 Å². The Labute approximate surface area is 189 Å². The summed E-state index contributed by atoms with van der Waals surface area (Å²) >= 11 is 0. The van der Waals surface area contributed by atoms with E-state index in [1.165, 1.54) is 29.2 Å². The zero-order valence-electron chi connectivity index (χ0n) is 18.1. The van der Waals surface area contributed by atoms with Gasteiger partial charge in [0.05, 0.1) is 30.6 Å². The Morgan fingerprint density at radius 1 is 1.06 bits per heavy atom. The average Bonchev–Trinajstić information content (AvgIpc) is 2.78. The van der Waals surface area contributed by atoms with Crippen LogP contribution in [0.25, 0.3) is 17.3 Å². The summed E-state index contributed by atoms with van der Waals surface area (Å²) in [6, 6.07) is 8.14. The average molecular weight is 454 g/mol. The molecule has 1 atom stereocenters. The molecule has 0 fully saturated rings. The minimum Gasteiger partial charge on any atom is -0.394 e. The zero-order chi connectivity index (χ0) is 23.7. The lowest BCUT2D eigenvalue weighted by Gasteiger charge is -2.34. The van der Waals surface area contributed by atoms with Gasteiger partial charge in [-0.05, 0) is 61.4 Å². The smallest absolute Gasteiger partial charge is 0.225 e. The highest BCUT2D eigenvalue weighted by Gasteiger charge is 2.31. The molecule has 7 nitrogen and oxygen atoms in total. The van der Waals surface area contributed by atoms with E-state index in [4.69, 9.17) is 0 Å². The maximum absolute atomic E-state index is 14.9. The highest BCUT2D eigenvalue weighted by molar-refractivity contribution is 5.86. The van der Waals surface area contributed by atoms with Crippen LogP contribution in [0.15, 0.2) is 42.5 Å². The number of hydrogen-bond donors (Lipinski definition) is 4. The number of aryl methyl sites for hydroxylation is 2. The number of anilines is 3. The first-order valence-corrected chi connectivity index (χ1v) is 10.4. The molecule has 0 radical (unpaired) electrons. The van der Waals surface area contributed by atoms with Crippen molar-refractivity contribution >= 4 is 23.5 Å². The molecule has 1 unspecified atom stereocenters. The first-order valence-electron chi connectivity index (χ1n) is 10.4. The van der Waals surface area contributed by atoms with Crippen LogP contribution in [0.4, 0.5) is 26.2 Å². The van der Waals surface area contributed by atoms with Gasteiger partial charge >= 0.3 is 0 Å². The third kappa shape index (κ3) is 4.30. The molecule has 0 spiro atoms. The minimum atomic E-state index is -1.20. The molecule has 0 saturated carbocycles. The Balaban J connectivity index is 1.98. The number of halogens is 2. The van der Waals surface area contributed by atoms with Crippen molar-refractivity contribution in [3.63, 3.8) is 0 Å². The summed E-state index contributed by atoms with van der Waals surface area (Å²) < 4.78 is 28.7. The van der Waals surface area contributed by atoms with E-state index in [9.17, 15) is 24.1 Å². The van der Waals surface area contributed by atoms with Crippen molar-refractivity contribution < 1.29 is 24.1 Å². The number of hydrogen-bond acceptors (Lipinski definition) is 7. The molecule has 172 valence electrons. The molecule has 2 heterocycles. The van der Waals surface area contributed by atoms with Gasteiger partial charge in [-0.25, -0.2) is 13.8 Å². The SMILES string of the molecule is Cc1cc(F)ccc1-c1nc(NC(CO)CO)nc2c1C=CC(O)N2c1c(C)cccc1F. The molecule has 3 aromatic rings. The van der Waals surface area contributed by atoms with Gasteiger partial charge in [-0.2, -0.15) is 4.98 Å². The van der Waals surface area contributed by atoms with Gasteiger partial charge in [0.2, 0.25) is 5.95 Å². The number of fused-ring (bicyclic) bond motifs is 1. The van der Waals surface area contributed by atoms with Gasteiger partial charge in [-0.3, -0.25) is 4.90 Å². The van der Waals surface area contributed by atoms with E-state index in [1.807, 2.05) is 0 Å². The Bertz CT molecular complexity index is 1190. The van der Waals surface area contributed by atoms with E-state index in [-0.39, 0.29) is 30.7 Å². The van der Waals surface area contributed by atoms with Crippen molar-refractivity contribution in [1.82, 2.24) is 9.97 Å². The van der Waals surface area contributed by atoms with Crippen molar-refractivity contribution in [2.24, 2.45) is 0 Å². The van der Waals surface area contributed by atoms with Crippen molar-refractivity contribution in [1.29, 1.82) is 0 Å². The van der Waals surface area contributed by atoms with E-state index >= 15 is 0 Å². The second kappa shape index (κ2) is 9.22. The zero-order valence-corrected chi connectivity index (χ0v) is 18.1. The maximum Gasteiger partial charge on any atom is 0.225 e. The lowest BCUT2D eigenvalue weighted by molar-refractivity contribution is 0.203. The summed E-state index contributed by atoms with van der Waals surface area (Å²) in [5.74, 6) is -0.648. The maximum atomic E-state index is 14.9. The number of rotatable bonds is 6. The van der Waals surface area contributed by atoms with Gasteiger partial charge < -0.3 is 20.6 Å². The van der Waals surface area contributed by atoms with E-state index in [0.29, 0.717) is 27.9 Å². The standard InChI is InChI=1S/C24H24F2N4O3/c1-13-4-3-5-19(26)22(13)30-20(33)9-8-18-21(17-7-6-15(25)10-14(17)2)28-24(29-23(18)30)27-16(11-31)12-32/h3-10,16,20,31-33H,11-12H2,1-2H3,(H,27,28,29). The normalized spacial score (nSPS) is 15.2. The van der Waals surface area contributed by atoms with E-state index in [1.54, 1.807) is 38.1 Å². The molecule has 0 bridgehead atoms. The Morgan fingerprint density at radius 3 is 2.48 bits per heavy atom. The number of nitrogens with zero attached hydrogens (tertiary/aromatic N) is 3. The van der Waals surface area contributed by atoms with E-state index in [0.717, 1.165) is 0 Å². The van der Waals surface area contributed by atoms with Gasteiger partial charge in [-0.1, -0.05) is 12.1 Å². The summed E-state index contributed by atoms with van der Waals surface area (Å²) in [7, 11) is 0. The fourth-order valence-electron chi connectivity index (χ4n) is 3.85. The lowest BCUT2D eigenvalue weighted by atomic mass is 9.98. The van der Waals surface area contributed by atoms with Crippen LogP contribution in [0, 0.1) is 25.5 Å². The molecular formula is C24H24F2N4O3. The van der Waals surface area contributed by atoms with E-state index < -0.39 is 23.9 Å². The van der Waals surface area contributed by atoms with Crippen molar-refractivity contribution in [2.45, 2.75) is 26.1 Å². The van der Waals surface area contributed by atoms with Crippen LogP contribution in [0.5, 0.6) is 0 Å². The second-order valence-corrected chi connectivity index (χ2v) is 7.85. The predicted octanol–water partition coefficient (Wildman–Crippen LogP) is 3.29. The van der Waals surface area contributed by atoms with Crippen LogP contribution < -0.4 is 10.2 Å². The minimum absolute atomic E-state index is 0.0575. The summed E-state index contributed by atoms with van der Waals surface area (Å²) in [6.45, 7) is 2.72. The number of aromatic nitrogens is 2. The summed E-state index contributed by atoms with van der Waals surface area (Å²) in [6.07, 6.45) is 1.94. The number of aliphatic hydroxyl groups is 3. The summed E-state index contributed by atoms with van der Waals surface area (Å²) in [4.78, 5) is 10.4. The van der Waals surface area contributed by atoms with Crippen LogP contribution in [-0.2, 0) is 0 Å². The molecule has 4 rings (SSSR count). The van der Waals surface area contributed by atoms with Crippen molar-refractivity contribution in [3.05, 3.63) is 70.8 Å². The van der Waals surface area contributed by atoms with Crippen LogP contribution in [0.3, 0.4) is 0 Å². The van der Waals surface area contributed by atoms with Gasteiger partial charge in [0.1, 0.15) is 17.5 Å². The third-order valence-corrected chi connectivity index (χ3v) is 5.50. The first-order chi connectivity index (χ1) is 15.8. The molecule has 4 N–H and O–H groups in total. The predicted molar refractivity (Wildman–Crippen MR) is 122 cm³/mol. The fourth-order valence-corrected chi connectivity index (χ4v) is 3.85. The quantitative estimate of drug-likeness (QED) is 0.453. The number of aliphatic hydroxyl groups excluding tert-OH is 3. The molecule has 0 aliphatic carbocycles. The fraction of sp³-hybridized carbons (Fsp3) is 0.250. The van der Waals surface area contributed by atoms with Crippen LogP contribution >= 0.6 is 0 Å². The molecule has 1 aliphatic rings. The van der Waals surface area contributed by atoms with Gasteiger partial charge in [0, 0.05) is 11.1 Å². The summed E-state index contributed by atoms with van der Waals surface area (Å²) in [5, 5.41) is 32.7. The van der Waals surface area contributed by atoms with Gasteiger partial charge in [-0.15, -0.1) is 0 Å². The monoisotopic (exact) mass is 454 g/mol. The Kier molecular flexibility index (Phi) is 6.37. The highest BCUT2D eigenvalue weighted by atomic mass is 19.1. The molecule has 2 aromatic carbocycles. The molecule has 9 heteroatoms. The molecular weight excluding hydrogens is 430 g/mol. The molecule has 0 saturated heterocycles. The number of nitrogens with one attached hydrogen (secondary N) is 1. The largest absolute Gasteiger partial charge is 0.394 e.